The van der Waals surface area contributed by atoms with Gasteiger partial charge in [0.2, 0.25) is 0 Å². The minimum Gasteiger partial charge on any atom is -0.493 e. The maximum absolute atomic E-state index is 13.4. The van der Waals surface area contributed by atoms with Gasteiger partial charge in [0.15, 0.2) is 11.5 Å². The Labute approximate surface area is 201 Å². The van der Waals surface area contributed by atoms with Crippen LogP contribution in [-0.2, 0) is 11.3 Å². The number of amides is 1. The van der Waals surface area contributed by atoms with Crippen molar-refractivity contribution in [3.05, 3.63) is 95.1 Å². The summed E-state index contributed by atoms with van der Waals surface area (Å²) in [6.07, 6.45) is 0.632. The lowest BCUT2D eigenvalue weighted by Gasteiger charge is -2.25. The van der Waals surface area contributed by atoms with E-state index in [4.69, 9.17) is 14.6 Å². The van der Waals surface area contributed by atoms with Gasteiger partial charge in [-0.3, -0.25) is 9.69 Å². The molecule has 0 spiro atoms. The number of aryl methyl sites for hydroxylation is 1. The zero-order chi connectivity index (χ0) is 24.1. The molecule has 1 amide bonds. The minimum atomic E-state index is -0.152. The SMILES string of the molecule is COc1ccc(C2=NN(C(=O)CN(C)Cc3ccccc3)C(c3ccc(C)cc3)C2)cc1OC. The van der Waals surface area contributed by atoms with Gasteiger partial charge in [-0.05, 0) is 43.3 Å². The summed E-state index contributed by atoms with van der Waals surface area (Å²) in [4.78, 5) is 15.5. The molecular weight excluding hydrogens is 426 g/mol. The molecule has 34 heavy (non-hydrogen) atoms. The molecule has 4 rings (SSSR count). The van der Waals surface area contributed by atoms with Crippen LogP contribution in [0, 0.1) is 6.92 Å². The first kappa shape index (κ1) is 23.5. The molecule has 1 atom stereocenters. The van der Waals surface area contributed by atoms with E-state index in [0.717, 1.165) is 16.8 Å². The highest BCUT2D eigenvalue weighted by atomic mass is 16.5. The van der Waals surface area contributed by atoms with E-state index in [9.17, 15) is 4.79 Å². The average molecular weight is 458 g/mol. The highest BCUT2D eigenvalue weighted by Crippen LogP contribution is 2.35. The van der Waals surface area contributed by atoms with Gasteiger partial charge in [-0.1, -0.05) is 60.2 Å². The number of hydrogen-bond acceptors (Lipinski definition) is 5. The molecule has 0 fully saturated rings. The summed E-state index contributed by atoms with van der Waals surface area (Å²) < 4.78 is 10.8. The van der Waals surface area contributed by atoms with Crippen molar-refractivity contribution >= 4 is 11.6 Å². The Kier molecular flexibility index (Phi) is 7.28. The van der Waals surface area contributed by atoms with Crippen LogP contribution < -0.4 is 9.47 Å². The number of benzene rings is 3. The van der Waals surface area contributed by atoms with Crippen molar-refractivity contribution in [2.24, 2.45) is 5.10 Å². The lowest BCUT2D eigenvalue weighted by molar-refractivity contribution is -0.134. The lowest BCUT2D eigenvalue weighted by Crippen LogP contribution is -2.36. The largest absolute Gasteiger partial charge is 0.493 e. The van der Waals surface area contributed by atoms with Gasteiger partial charge in [0, 0.05) is 18.5 Å². The van der Waals surface area contributed by atoms with E-state index in [-0.39, 0.29) is 18.5 Å². The number of methoxy groups -OCH3 is 2. The van der Waals surface area contributed by atoms with Crippen molar-refractivity contribution in [2.45, 2.75) is 25.9 Å². The second kappa shape index (κ2) is 10.5. The highest BCUT2D eigenvalue weighted by Gasteiger charge is 2.33. The maximum Gasteiger partial charge on any atom is 0.257 e. The van der Waals surface area contributed by atoms with Gasteiger partial charge in [0.05, 0.1) is 32.5 Å². The van der Waals surface area contributed by atoms with Crippen LogP contribution in [0.5, 0.6) is 11.5 Å². The molecule has 0 radical (unpaired) electrons. The van der Waals surface area contributed by atoms with Gasteiger partial charge in [-0.25, -0.2) is 5.01 Å². The Bertz CT molecular complexity index is 1160. The molecule has 0 aromatic heterocycles. The Morgan fingerprint density at radius 3 is 2.38 bits per heavy atom. The van der Waals surface area contributed by atoms with E-state index >= 15 is 0 Å². The molecule has 3 aromatic carbocycles. The Hall–Kier alpha value is -3.64. The number of likely N-dealkylation sites (N-methyl/N-ethyl adjacent to an activating group) is 1. The topological polar surface area (TPSA) is 54.4 Å². The van der Waals surface area contributed by atoms with Crippen molar-refractivity contribution in [3.8, 4) is 11.5 Å². The zero-order valence-corrected chi connectivity index (χ0v) is 20.2. The van der Waals surface area contributed by atoms with Gasteiger partial charge in [-0.15, -0.1) is 0 Å². The molecule has 6 heteroatoms. The predicted octanol–water partition coefficient (Wildman–Crippen LogP) is 4.82. The van der Waals surface area contributed by atoms with E-state index in [1.807, 2.05) is 48.3 Å². The summed E-state index contributed by atoms with van der Waals surface area (Å²) in [5, 5.41) is 6.46. The Morgan fingerprint density at radius 2 is 1.71 bits per heavy atom. The van der Waals surface area contributed by atoms with E-state index in [1.165, 1.54) is 11.1 Å². The van der Waals surface area contributed by atoms with Crippen LogP contribution in [0.1, 0.15) is 34.7 Å². The first-order chi connectivity index (χ1) is 16.5. The van der Waals surface area contributed by atoms with Crippen LogP contribution in [0.4, 0.5) is 0 Å². The lowest BCUT2D eigenvalue weighted by atomic mass is 9.97. The molecule has 1 heterocycles. The summed E-state index contributed by atoms with van der Waals surface area (Å²) in [6, 6.07) is 24.1. The number of hydrogen-bond donors (Lipinski definition) is 0. The monoisotopic (exact) mass is 457 g/mol. The summed E-state index contributed by atoms with van der Waals surface area (Å²) >= 11 is 0. The summed E-state index contributed by atoms with van der Waals surface area (Å²) in [7, 11) is 5.19. The molecule has 0 aliphatic carbocycles. The van der Waals surface area contributed by atoms with Gasteiger partial charge >= 0.3 is 0 Å². The van der Waals surface area contributed by atoms with Gasteiger partial charge in [0.1, 0.15) is 0 Å². The number of carbonyl (C=O) groups excluding carboxylic acids is 1. The Morgan fingerprint density at radius 1 is 1.00 bits per heavy atom. The van der Waals surface area contributed by atoms with Crippen molar-refractivity contribution in [1.82, 2.24) is 9.91 Å². The average Bonchev–Trinajstić information content (AvgIpc) is 3.30. The van der Waals surface area contributed by atoms with Gasteiger partial charge < -0.3 is 9.47 Å². The summed E-state index contributed by atoms with van der Waals surface area (Å²) in [6.45, 7) is 3.04. The maximum atomic E-state index is 13.4. The number of rotatable bonds is 8. The first-order valence-corrected chi connectivity index (χ1v) is 11.4. The number of hydrazone groups is 1. The zero-order valence-electron chi connectivity index (χ0n) is 20.2. The van der Waals surface area contributed by atoms with Crippen LogP contribution in [0.15, 0.2) is 77.9 Å². The summed E-state index contributed by atoms with van der Waals surface area (Å²) in [5.41, 5.74) is 5.20. The van der Waals surface area contributed by atoms with Gasteiger partial charge in [-0.2, -0.15) is 5.10 Å². The van der Waals surface area contributed by atoms with Crippen molar-refractivity contribution in [3.63, 3.8) is 0 Å². The number of ether oxygens (including phenoxy) is 2. The Balaban J connectivity index is 1.59. The minimum absolute atomic E-state index is 0.0283. The molecule has 0 saturated carbocycles. The second-order valence-electron chi connectivity index (χ2n) is 8.64. The third kappa shape index (κ3) is 5.29. The fraction of sp³-hybridized carbons (Fsp3) is 0.286. The fourth-order valence-corrected chi connectivity index (χ4v) is 4.23. The first-order valence-electron chi connectivity index (χ1n) is 11.4. The van der Waals surface area contributed by atoms with Crippen LogP contribution in [-0.4, -0.2) is 49.3 Å². The van der Waals surface area contributed by atoms with Crippen molar-refractivity contribution < 1.29 is 14.3 Å². The molecule has 176 valence electrons. The van der Waals surface area contributed by atoms with E-state index in [0.29, 0.717) is 24.5 Å². The van der Waals surface area contributed by atoms with Gasteiger partial charge in [0.25, 0.3) is 5.91 Å². The van der Waals surface area contributed by atoms with Crippen molar-refractivity contribution in [1.29, 1.82) is 0 Å². The van der Waals surface area contributed by atoms with Crippen LogP contribution >= 0.6 is 0 Å². The van der Waals surface area contributed by atoms with Crippen LogP contribution in [0.3, 0.4) is 0 Å². The third-order valence-electron chi connectivity index (χ3n) is 6.05. The smallest absolute Gasteiger partial charge is 0.257 e. The quantitative estimate of drug-likeness (QED) is 0.487. The molecule has 3 aromatic rings. The molecular formula is C28H31N3O3. The molecule has 0 bridgehead atoms. The molecule has 1 aliphatic heterocycles. The van der Waals surface area contributed by atoms with Crippen molar-refractivity contribution in [2.75, 3.05) is 27.8 Å². The third-order valence-corrected chi connectivity index (χ3v) is 6.05. The highest BCUT2D eigenvalue weighted by molar-refractivity contribution is 6.03. The number of carbonyl (C=O) groups is 1. The molecule has 1 aliphatic rings. The molecule has 0 N–H and O–H groups in total. The molecule has 6 nitrogen and oxygen atoms in total. The molecule has 0 saturated heterocycles. The number of nitrogens with zero attached hydrogens (tertiary/aromatic N) is 3. The van der Waals surface area contributed by atoms with E-state index in [2.05, 4.69) is 43.3 Å². The summed E-state index contributed by atoms with van der Waals surface area (Å²) in [5.74, 6) is 1.27. The predicted molar refractivity (Wildman–Crippen MR) is 134 cm³/mol. The van der Waals surface area contributed by atoms with Crippen LogP contribution in [0.2, 0.25) is 0 Å². The van der Waals surface area contributed by atoms with E-state index in [1.54, 1.807) is 19.2 Å². The van der Waals surface area contributed by atoms with Crippen LogP contribution in [0.25, 0.3) is 0 Å². The second-order valence-corrected chi connectivity index (χ2v) is 8.64. The standard InChI is InChI=1S/C28H31N3O3/c1-20-10-12-22(13-11-20)25-17-24(23-14-15-26(33-3)27(16-23)34-4)29-31(25)28(32)19-30(2)18-21-8-6-5-7-9-21/h5-16,25H,17-19H2,1-4H3. The molecule has 1 unspecified atom stereocenters. The normalized spacial score (nSPS) is 15.4. The fourth-order valence-electron chi connectivity index (χ4n) is 4.23. The van der Waals surface area contributed by atoms with E-state index < -0.39 is 0 Å².